The van der Waals surface area contributed by atoms with E-state index in [-0.39, 0.29) is 34.6 Å². The number of hydrogen-bond acceptors (Lipinski definition) is 7. The highest BCUT2D eigenvalue weighted by Crippen LogP contribution is 2.59. The molecule has 2 unspecified atom stereocenters. The normalized spacial score (nSPS) is 30.3. The first-order valence-electron chi connectivity index (χ1n) is 9.15. The molecule has 4 rings (SSSR count). The van der Waals surface area contributed by atoms with Crippen LogP contribution in [0, 0.1) is 5.82 Å². The summed E-state index contributed by atoms with van der Waals surface area (Å²) in [5.74, 6) is -3.32. The lowest BCUT2D eigenvalue weighted by Gasteiger charge is -2.33. The Morgan fingerprint density at radius 3 is 2.29 bits per heavy atom. The van der Waals surface area contributed by atoms with Crippen LogP contribution in [0.3, 0.4) is 0 Å². The molecule has 7 nitrogen and oxygen atoms in total. The van der Waals surface area contributed by atoms with Gasteiger partial charge in [0.2, 0.25) is 5.79 Å². The van der Waals surface area contributed by atoms with Gasteiger partial charge in [0.15, 0.2) is 11.6 Å². The van der Waals surface area contributed by atoms with Gasteiger partial charge in [0.1, 0.15) is 29.3 Å². The predicted octanol–water partition coefficient (Wildman–Crippen LogP) is 2.42. The highest BCUT2D eigenvalue weighted by Gasteiger charge is 2.57. The molecule has 0 spiro atoms. The van der Waals surface area contributed by atoms with E-state index >= 15 is 0 Å². The Labute approximate surface area is 161 Å². The molecule has 9 heteroatoms. The van der Waals surface area contributed by atoms with Crippen molar-refractivity contribution in [1.29, 1.82) is 0 Å². The number of hydrogen-bond donors (Lipinski definition) is 0. The van der Waals surface area contributed by atoms with Crippen LogP contribution in [0.1, 0.15) is 56.0 Å². The molecule has 3 aliphatic rings. The molecule has 2 aliphatic heterocycles. The van der Waals surface area contributed by atoms with Gasteiger partial charge in [-0.1, -0.05) is 6.07 Å². The second-order valence-corrected chi connectivity index (χ2v) is 7.94. The molecule has 1 aliphatic carbocycles. The first-order valence-corrected chi connectivity index (χ1v) is 9.15. The first-order chi connectivity index (χ1) is 13.1. The summed E-state index contributed by atoms with van der Waals surface area (Å²) >= 11 is 0. The molecule has 0 aromatic heterocycles. The molecule has 0 radical (unpaired) electrons. The quantitative estimate of drug-likeness (QED) is 0.576. The number of halogens is 1. The minimum atomic E-state index is -1.21. The minimum absolute atomic E-state index is 0.112. The molecule has 1 aromatic rings. The summed E-state index contributed by atoms with van der Waals surface area (Å²) in [6.07, 6.45) is -1.20. The monoisotopic (exact) mass is 390 g/mol. The Hall–Kier alpha value is -2.26. The molecule has 1 aromatic carbocycles. The number of ketones is 2. The van der Waals surface area contributed by atoms with Crippen LogP contribution in [-0.4, -0.2) is 42.6 Å². The Bertz CT molecular complexity index is 861. The van der Waals surface area contributed by atoms with Crippen LogP contribution >= 0.6 is 0 Å². The van der Waals surface area contributed by atoms with E-state index < -0.39 is 36.9 Å². The fraction of sp³-hybridized carbons (Fsp3) is 0.526. The van der Waals surface area contributed by atoms with Gasteiger partial charge in [-0.2, -0.15) is 0 Å². The summed E-state index contributed by atoms with van der Waals surface area (Å²) in [4.78, 5) is 35.8. The third-order valence-electron chi connectivity index (χ3n) is 5.25. The number of carbonyl (C=O) groups is 3. The summed E-state index contributed by atoms with van der Waals surface area (Å²) in [7, 11) is -0.725. The molecule has 2 fully saturated rings. The fourth-order valence-corrected chi connectivity index (χ4v) is 3.86. The van der Waals surface area contributed by atoms with Crippen molar-refractivity contribution >= 4 is 24.7 Å². The smallest absolute Gasteiger partial charge is 0.451 e. The zero-order chi connectivity index (χ0) is 20.4. The summed E-state index contributed by atoms with van der Waals surface area (Å²) in [6.45, 7) is 5.86. The Kier molecular flexibility index (Phi) is 4.35. The van der Waals surface area contributed by atoms with Gasteiger partial charge in [-0.25, -0.2) is 9.18 Å². The molecule has 2 heterocycles. The van der Waals surface area contributed by atoms with E-state index in [0.29, 0.717) is 12.0 Å². The zero-order valence-electron chi connectivity index (χ0n) is 16.0. The Morgan fingerprint density at radius 1 is 1.11 bits per heavy atom. The average molecular weight is 390 g/mol. The zero-order valence-corrected chi connectivity index (χ0v) is 16.0. The van der Waals surface area contributed by atoms with Crippen molar-refractivity contribution in [3.8, 4) is 5.75 Å². The Balaban J connectivity index is 1.60. The molecule has 1 saturated heterocycles. The number of esters is 1. The van der Waals surface area contributed by atoms with Crippen molar-refractivity contribution in [1.82, 2.24) is 0 Å². The third-order valence-corrected chi connectivity index (χ3v) is 5.25. The first kappa shape index (κ1) is 19.1. The SMILES string of the molecule is CC(=O)[C@@H]1OB(C2CC2c2ccc(F)c3c2OC(C)(C)OC3=O)O[C@H]1C(C)=O. The standard InChI is InChI=1S/C19H20BFO7/c1-8(22)15-16(9(2)23)28-20(27-15)12-7-11(12)10-5-6-13(21)14-17(10)25-19(3,4)26-18(14)24/h5-6,11-12,15-16H,7H2,1-4H3/t11?,12?,15-,16-/m0/s1. The van der Waals surface area contributed by atoms with Crippen molar-refractivity contribution in [3.05, 3.63) is 29.1 Å². The van der Waals surface area contributed by atoms with E-state index in [1.54, 1.807) is 19.9 Å². The van der Waals surface area contributed by atoms with Crippen LogP contribution in [-0.2, 0) is 23.6 Å². The molecule has 1 saturated carbocycles. The number of fused-ring (bicyclic) bond motifs is 1. The molecule has 4 atom stereocenters. The van der Waals surface area contributed by atoms with Crippen LogP contribution in [0.25, 0.3) is 0 Å². The molecule has 0 N–H and O–H groups in total. The number of ether oxygens (including phenoxy) is 2. The second-order valence-electron chi connectivity index (χ2n) is 7.94. The molecule has 0 amide bonds. The van der Waals surface area contributed by atoms with Crippen molar-refractivity contribution in [3.63, 3.8) is 0 Å². The van der Waals surface area contributed by atoms with E-state index in [1.165, 1.54) is 19.9 Å². The highest BCUT2D eigenvalue weighted by atomic mass is 19.1. The number of carbonyl (C=O) groups excluding carboxylic acids is 3. The van der Waals surface area contributed by atoms with Gasteiger partial charge in [-0.3, -0.25) is 9.59 Å². The van der Waals surface area contributed by atoms with Crippen molar-refractivity contribution < 1.29 is 37.6 Å². The number of rotatable bonds is 4. The van der Waals surface area contributed by atoms with Crippen LogP contribution in [0.15, 0.2) is 12.1 Å². The summed E-state index contributed by atoms with van der Waals surface area (Å²) in [5, 5.41) is 0. The maximum Gasteiger partial charge on any atom is 0.462 e. The molecule has 148 valence electrons. The molecular formula is C19H20BFO7. The van der Waals surface area contributed by atoms with Crippen LogP contribution in [0.4, 0.5) is 4.39 Å². The van der Waals surface area contributed by atoms with Crippen LogP contribution in [0.2, 0.25) is 5.82 Å². The lowest BCUT2D eigenvalue weighted by molar-refractivity contribution is -0.132. The van der Waals surface area contributed by atoms with Gasteiger partial charge >= 0.3 is 13.1 Å². The van der Waals surface area contributed by atoms with E-state index in [9.17, 15) is 18.8 Å². The average Bonchev–Trinajstić information content (AvgIpc) is 3.22. The summed E-state index contributed by atoms with van der Waals surface area (Å²) in [5.41, 5.74) is 0.433. The number of cyclic esters (lactones) is 1. The fourth-order valence-electron chi connectivity index (χ4n) is 3.86. The number of Topliss-reactive ketones (excluding diaryl/α,β-unsaturated/α-hetero) is 2. The maximum atomic E-state index is 14.2. The van der Waals surface area contributed by atoms with Gasteiger partial charge in [0, 0.05) is 19.7 Å². The summed E-state index contributed by atoms with van der Waals surface area (Å²) < 4.78 is 36.5. The van der Waals surface area contributed by atoms with Crippen LogP contribution in [0.5, 0.6) is 5.75 Å². The predicted molar refractivity (Wildman–Crippen MR) is 94.5 cm³/mol. The van der Waals surface area contributed by atoms with Crippen molar-refractivity contribution in [2.45, 2.75) is 63.8 Å². The molecule has 0 bridgehead atoms. The van der Waals surface area contributed by atoms with Crippen molar-refractivity contribution in [2.24, 2.45) is 0 Å². The minimum Gasteiger partial charge on any atom is -0.451 e. The van der Waals surface area contributed by atoms with Gasteiger partial charge in [-0.15, -0.1) is 0 Å². The topological polar surface area (TPSA) is 88.1 Å². The van der Waals surface area contributed by atoms with E-state index in [0.717, 1.165) is 0 Å². The lowest BCUT2D eigenvalue weighted by atomic mass is 9.79. The Morgan fingerprint density at radius 2 is 1.71 bits per heavy atom. The highest BCUT2D eigenvalue weighted by molar-refractivity contribution is 6.49. The second kappa shape index (κ2) is 6.38. The molecular weight excluding hydrogens is 370 g/mol. The van der Waals surface area contributed by atoms with Gasteiger partial charge in [-0.05, 0) is 37.8 Å². The lowest BCUT2D eigenvalue weighted by Crippen LogP contribution is -2.39. The largest absolute Gasteiger partial charge is 0.462 e. The number of benzene rings is 1. The molecule has 28 heavy (non-hydrogen) atoms. The van der Waals surface area contributed by atoms with E-state index in [2.05, 4.69) is 0 Å². The van der Waals surface area contributed by atoms with Gasteiger partial charge in [0.25, 0.3) is 0 Å². The third kappa shape index (κ3) is 3.12. The maximum absolute atomic E-state index is 14.2. The van der Waals surface area contributed by atoms with Crippen LogP contribution < -0.4 is 4.74 Å². The van der Waals surface area contributed by atoms with Gasteiger partial charge < -0.3 is 18.8 Å². The van der Waals surface area contributed by atoms with Crippen molar-refractivity contribution in [2.75, 3.05) is 0 Å². The van der Waals surface area contributed by atoms with Gasteiger partial charge in [0.05, 0.1) is 0 Å². The summed E-state index contributed by atoms with van der Waals surface area (Å²) in [6, 6.07) is 2.78. The van der Waals surface area contributed by atoms with E-state index in [4.69, 9.17) is 18.8 Å². The van der Waals surface area contributed by atoms with E-state index in [1.807, 2.05) is 0 Å².